The van der Waals surface area contributed by atoms with E-state index in [1.54, 1.807) is 6.07 Å². The van der Waals surface area contributed by atoms with Crippen molar-refractivity contribution in [2.75, 3.05) is 60.5 Å². The van der Waals surface area contributed by atoms with Gasteiger partial charge >= 0.3 is 0 Å². The number of methoxy groups -OCH3 is 2. The molecule has 0 atom stereocenters. The van der Waals surface area contributed by atoms with Gasteiger partial charge in [0.1, 0.15) is 0 Å². The summed E-state index contributed by atoms with van der Waals surface area (Å²) in [4.78, 5) is 4.70. The molecule has 1 aliphatic rings. The molecule has 7 nitrogen and oxygen atoms in total. The fraction of sp³-hybridized carbons (Fsp3) is 0.600. The van der Waals surface area contributed by atoms with Crippen LogP contribution in [0.4, 0.5) is 0 Å². The summed E-state index contributed by atoms with van der Waals surface area (Å²) in [5.74, 6) is 0.901. The molecule has 0 aliphatic carbocycles. The van der Waals surface area contributed by atoms with Gasteiger partial charge in [-0.2, -0.15) is 0 Å². The number of nitrogens with zero attached hydrogens (tertiary/aromatic N) is 2. The maximum atomic E-state index is 12.4. The Bertz CT molecular complexity index is 613. The molecule has 1 N–H and O–H groups in total. The molecule has 1 saturated heterocycles. The molecule has 1 aromatic rings. The number of ether oxygens (including phenoxy) is 2. The van der Waals surface area contributed by atoms with Gasteiger partial charge in [0.15, 0.2) is 11.5 Å². The Kier molecular flexibility index (Phi) is 6.23. The highest BCUT2D eigenvalue weighted by atomic mass is 32.2. The summed E-state index contributed by atoms with van der Waals surface area (Å²) in [6, 6.07) is 4.57. The van der Waals surface area contributed by atoms with Gasteiger partial charge in [-0.25, -0.2) is 13.1 Å². The fourth-order valence-electron chi connectivity index (χ4n) is 2.48. The predicted octanol–water partition coefficient (Wildman–Crippen LogP) is 0.230. The monoisotopic (exact) mass is 343 g/mol. The molecule has 0 spiro atoms. The Morgan fingerprint density at radius 1 is 1.09 bits per heavy atom. The van der Waals surface area contributed by atoms with Crippen LogP contribution in [0, 0.1) is 0 Å². The van der Waals surface area contributed by atoms with E-state index in [-0.39, 0.29) is 4.90 Å². The quantitative estimate of drug-likeness (QED) is 0.764. The van der Waals surface area contributed by atoms with E-state index in [0.29, 0.717) is 24.6 Å². The third-order valence-corrected chi connectivity index (χ3v) is 5.44. The zero-order valence-electron chi connectivity index (χ0n) is 13.9. The van der Waals surface area contributed by atoms with Crippen molar-refractivity contribution in [2.24, 2.45) is 0 Å². The minimum atomic E-state index is -3.55. The third-order valence-electron chi connectivity index (χ3n) is 3.98. The van der Waals surface area contributed by atoms with Crippen LogP contribution in [0.15, 0.2) is 23.1 Å². The van der Waals surface area contributed by atoms with Crippen LogP contribution in [0.1, 0.15) is 0 Å². The van der Waals surface area contributed by atoms with Crippen molar-refractivity contribution in [1.82, 2.24) is 14.5 Å². The molecular formula is C15H25N3O4S. The lowest BCUT2D eigenvalue weighted by Crippen LogP contribution is -2.46. The van der Waals surface area contributed by atoms with Gasteiger partial charge in [0.05, 0.1) is 19.1 Å². The molecule has 8 heteroatoms. The highest BCUT2D eigenvalue weighted by Gasteiger charge is 2.18. The Balaban J connectivity index is 1.93. The highest BCUT2D eigenvalue weighted by Crippen LogP contribution is 2.29. The zero-order chi connectivity index (χ0) is 16.9. The molecule has 1 fully saturated rings. The average molecular weight is 343 g/mol. The average Bonchev–Trinajstić information content (AvgIpc) is 2.55. The summed E-state index contributed by atoms with van der Waals surface area (Å²) in [6.07, 6.45) is 0. The minimum Gasteiger partial charge on any atom is -0.493 e. The second-order valence-corrected chi connectivity index (χ2v) is 7.33. The fourth-order valence-corrected chi connectivity index (χ4v) is 3.51. The topological polar surface area (TPSA) is 71.1 Å². The summed E-state index contributed by atoms with van der Waals surface area (Å²) in [6.45, 7) is 5.06. The van der Waals surface area contributed by atoms with E-state index in [1.165, 1.54) is 26.4 Å². The first kappa shape index (κ1) is 18.0. The summed E-state index contributed by atoms with van der Waals surface area (Å²) in [5, 5.41) is 0. The number of hydrogen-bond donors (Lipinski definition) is 1. The molecule has 0 radical (unpaired) electrons. The molecule has 0 unspecified atom stereocenters. The van der Waals surface area contributed by atoms with Gasteiger partial charge in [-0.3, -0.25) is 4.90 Å². The van der Waals surface area contributed by atoms with Gasteiger partial charge in [0.2, 0.25) is 10.0 Å². The van der Waals surface area contributed by atoms with Crippen molar-refractivity contribution in [3.8, 4) is 11.5 Å². The molecule has 23 heavy (non-hydrogen) atoms. The smallest absolute Gasteiger partial charge is 0.240 e. The standard InChI is InChI=1S/C15H25N3O4S/c1-17-8-10-18(11-9-17)7-6-16-23(19,20)13-4-5-14(21-2)15(12-13)22-3/h4-5,12,16H,6-11H2,1-3H3. The molecule has 0 amide bonds. The number of likely N-dealkylation sites (N-methyl/N-ethyl adjacent to an activating group) is 1. The number of nitrogens with one attached hydrogen (secondary N) is 1. The molecule has 130 valence electrons. The number of benzene rings is 1. The number of rotatable bonds is 7. The third kappa shape index (κ3) is 4.81. The van der Waals surface area contributed by atoms with Crippen molar-refractivity contribution in [2.45, 2.75) is 4.90 Å². The lowest BCUT2D eigenvalue weighted by molar-refractivity contribution is 0.156. The Labute approximate surface area is 138 Å². The maximum Gasteiger partial charge on any atom is 0.240 e. The van der Waals surface area contributed by atoms with E-state index >= 15 is 0 Å². The van der Waals surface area contributed by atoms with Crippen LogP contribution in [0.3, 0.4) is 0 Å². The van der Waals surface area contributed by atoms with Gasteiger partial charge in [0, 0.05) is 45.3 Å². The summed E-state index contributed by atoms with van der Waals surface area (Å²) >= 11 is 0. The molecule has 0 saturated carbocycles. The van der Waals surface area contributed by atoms with E-state index in [2.05, 4.69) is 21.6 Å². The molecule has 1 aliphatic heterocycles. The zero-order valence-corrected chi connectivity index (χ0v) is 14.7. The van der Waals surface area contributed by atoms with Crippen molar-refractivity contribution in [3.63, 3.8) is 0 Å². The van der Waals surface area contributed by atoms with Crippen molar-refractivity contribution in [3.05, 3.63) is 18.2 Å². The first-order valence-electron chi connectivity index (χ1n) is 7.59. The number of piperazine rings is 1. The minimum absolute atomic E-state index is 0.175. The van der Waals surface area contributed by atoms with Crippen molar-refractivity contribution in [1.29, 1.82) is 0 Å². The first-order chi connectivity index (χ1) is 11.0. The van der Waals surface area contributed by atoms with Crippen molar-refractivity contribution >= 4 is 10.0 Å². The van der Waals surface area contributed by atoms with Crippen LogP contribution < -0.4 is 14.2 Å². The second kappa shape index (κ2) is 7.96. The van der Waals surface area contributed by atoms with Crippen LogP contribution in [0.2, 0.25) is 0 Å². The molecule has 1 heterocycles. The SMILES string of the molecule is COc1ccc(S(=O)(=O)NCCN2CCN(C)CC2)cc1OC. The van der Waals surface area contributed by atoms with E-state index in [4.69, 9.17) is 9.47 Å². The van der Waals surface area contributed by atoms with Crippen LogP contribution in [-0.2, 0) is 10.0 Å². The Morgan fingerprint density at radius 3 is 2.35 bits per heavy atom. The van der Waals surface area contributed by atoms with Gasteiger partial charge in [-0.05, 0) is 19.2 Å². The lowest BCUT2D eigenvalue weighted by atomic mass is 10.3. The van der Waals surface area contributed by atoms with Gasteiger partial charge in [-0.15, -0.1) is 0 Å². The van der Waals surface area contributed by atoms with Gasteiger partial charge in [-0.1, -0.05) is 0 Å². The maximum absolute atomic E-state index is 12.4. The largest absolute Gasteiger partial charge is 0.493 e. The van der Waals surface area contributed by atoms with E-state index in [1.807, 2.05) is 0 Å². The molecule has 1 aromatic carbocycles. The van der Waals surface area contributed by atoms with E-state index < -0.39 is 10.0 Å². The highest BCUT2D eigenvalue weighted by molar-refractivity contribution is 7.89. The van der Waals surface area contributed by atoms with E-state index in [9.17, 15) is 8.42 Å². The van der Waals surface area contributed by atoms with Crippen LogP contribution in [0.25, 0.3) is 0 Å². The van der Waals surface area contributed by atoms with Gasteiger partial charge < -0.3 is 14.4 Å². The second-order valence-electron chi connectivity index (χ2n) is 5.56. The molecule has 0 bridgehead atoms. The molecule has 0 aromatic heterocycles. The van der Waals surface area contributed by atoms with Crippen LogP contribution >= 0.6 is 0 Å². The summed E-state index contributed by atoms with van der Waals surface area (Å²) < 4.78 is 37.6. The predicted molar refractivity (Wildman–Crippen MR) is 88.7 cm³/mol. The Morgan fingerprint density at radius 2 is 1.74 bits per heavy atom. The molecular weight excluding hydrogens is 318 g/mol. The first-order valence-corrected chi connectivity index (χ1v) is 9.07. The summed E-state index contributed by atoms with van der Waals surface area (Å²) in [5.41, 5.74) is 0. The van der Waals surface area contributed by atoms with E-state index in [0.717, 1.165) is 26.2 Å². The normalized spacial score (nSPS) is 17.2. The van der Waals surface area contributed by atoms with Gasteiger partial charge in [0.25, 0.3) is 0 Å². The Hall–Kier alpha value is -1.35. The lowest BCUT2D eigenvalue weighted by Gasteiger charge is -2.32. The number of hydrogen-bond acceptors (Lipinski definition) is 6. The molecule has 2 rings (SSSR count). The van der Waals surface area contributed by atoms with Crippen molar-refractivity contribution < 1.29 is 17.9 Å². The van der Waals surface area contributed by atoms with Crippen LogP contribution in [0.5, 0.6) is 11.5 Å². The number of sulfonamides is 1. The van der Waals surface area contributed by atoms with Crippen LogP contribution in [-0.4, -0.2) is 78.8 Å². The summed E-state index contributed by atoms with van der Waals surface area (Å²) in [7, 11) is 1.54.